The molecule has 1 unspecified atom stereocenters. The average Bonchev–Trinajstić information content (AvgIpc) is 2.58. The molecule has 6 heteroatoms. The molecule has 1 rings (SSSR count). The van der Waals surface area contributed by atoms with E-state index in [0.717, 1.165) is 17.0 Å². The van der Waals surface area contributed by atoms with Crippen LogP contribution < -0.4 is 10.0 Å². The van der Waals surface area contributed by atoms with Gasteiger partial charge < -0.3 is 14.6 Å². The van der Waals surface area contributed by atoms with Crippen molar-refractivity contribution in [1.29, 1.82) is 0 Å². The summed E-state index contributed by atoms with van der Waals surface area (Å²) in [4.78, 5) is 12.3. The lowest BCUT2D eigenvalue weighted by atomic mass is 10.0. The zero-order valence-corrected chi connectivity index (χ0v) is 15.7. The van der Waals surface area contributed by atoms with Crippen molar-refractivity contribution in [2.75, 3.05) is 7.11 Å². The first-order chi connectivity index (χ1) is 11.4. The molecule has 0 heterocycles. The van der Waals surface area contributed by atoms with E-state index in [1.165, 1.54) is 0 Å². The van der Waals surface area contributed by atoms with Crippen molar-refractivity contribution >= 4 is 17.3 Å². The minimum absolute atomic E-state index is 0.0523. The number of hydrogen-bond donors (Lipinski definition) is 2. The molecule has 0 aliphatic heterocycles. The van der Waals surface area contributed by atoms with Gasteiger partial charge in [-0.2, -0.15) is 0 Å². The van der Waals surface area contributed by atoms with Crippen LogP contribution in [0.15, 0.2) is 47.9 Å². The van der Waals surface area contributed by atoms with Crippen molar-refractivity contribution in [3.8, 4) is 0 Å². The topological polar surface area (TPSA) is 73.4 Å². The maximum Gasteiger partial charge on any atom is 0.247 e. The van der Waals surface area contributed by atoms with E-state index in [9.17, 15) is 9.35 Å². The van der Waals surface area contributed by atoms with Crippen LogP contribution in [0.2, 0.25) is 0 Å². The zero-order valence-electron chi connectivity index (χ0n) is 14.9. The van der Waals surface area contributed by atoms with Crippen LogP contribution in [0, 0.1) is 0 Å². The number of methoxy groups -OCH3 is 1. The summed E-state index contributed by atoms with van der Waals surface area (Å²) >= 11 is -1.09. The van der Waals surface area contributed by atoms with Crippen LogP contribution in [0.4, 0.5) is 0 Å². The second-order valence-corrected chi connectivity index (χ2v) is 7.64. The molecular formula is C18H28N2O3S. The van der Waals surface area contributed by atoms with Crippen molar-refractivity contribution < 1.29 is 14.1 Å². The molecule has 0 saturated carbocycles. The van der Waals surface area contributed by atoms with Crippen LogP contribution in [-0.2, 0) is 20.9 Å². The standard InChI is InChI=1S/C18H28N2O3S/c1-6-16(10-7-14(4)23-5)19-18(21)15-8-11-17(12-9-15)20-24(22)13(2)3/h6-8,11,13,16,20H,1,9-10,12H2,2-5H3,(H,19,21)/b14-7+/t16?,24-/m0/s1. The van der Waals surface area contributed by atoms with Gasteiger partial charge in [-0.05, 0) is 52.2 Å². The van der Waals surface area contributed by atoms with Gasteiger partial charge in [-0.3, -0.25) is 4.79 Å². The summed E-state index contributed by atoms with van der Waals surface area (Å²) in [6, 6.07) is -0.138. The van der Waals surface area contributed by atoms with Crippen LogP contribution in [0.5, 0.6) is 0 Å². The first-order valence-corrected chi connectivity index (χ1v) is 9.29. The van der Waals surface area contributed by atoms with E-state index in [1.54, 1.807) is 19.3 Å². The third-order valence-corrected chi connectivity index (χ3v) is 5.00. The van der Waals surface area contributed by atoms with Gasteiger partial charge in [-0.1, -0.05) is 12.2 Å². The molecule has 5 nitrogen and oxygen atoms in total. The molecule has 2 atom stereocenters. The number of carbonyl (C=O) groups excluding carboxylic acids is 1. The van der Waals surface area contributed by atoms with Gasteiger partial charge in [-0.15, -0.1) is 6.58 Å². The van der Waals surface area contributed by atoms with E-state index in [2.05, 4.69) is 16.6 Å². The average molecular weight is 353 g/mol. The highest BCUT2D eigenvalue weighted by Crippen LogP contribution is 2.18. The highest BCUT2D eigenvalue weighted by atomic mass is 32.2. The Morgan fingerprint density at radius 2 is 2.17 bits per heavy atom. The number of rotatable bonds is 9. The lowest BCUT2D eigenvalue weighted by Gasteiger charge is -2.20. The predicted molar refractivity (Wildman–Crippen MR) is 99.3 cm³/mol. The molecule has 2 N–H and O–H groups in total. The Kier molecular flexibility index (Phi) is 8.71. The fourth-order valence-corrected chi connectivity index (χ4v) is 2.67. The molecule has 0 aromatic rings. The van der Waals surface area contributed by atoms with Crippen molar-refractivity contribution in [3.05, 3.63) is 47.9 Å². The molecule has 0 aromatic heterocycles. The molecule has 0 radical (unpaired) electrons. The van der Waals surface area contributed by atoms with Gasteiger partial charge in [0.2, 0.25) is 5.91 Å². The monoisotopic (exact) mass is 352 g/mol. The molecule has 0 bridgehead atoms. The molecule has 1 amide bonds. The van der Waals surface area contributed by atoms with Crippen molar-refractivity contribution in [2.24, 2.45) is 0 Å². The fourth-order valence-electron chi connectivity index (χ4n) is 2.01. The molecule has 0 saturated heterocycles. The summed E-state index contributed by atoms with van der Waals surface area (Å²) in [6.07, 6.45) is 9.19. The Morgan fingerprint density at radius 1 is 1.46 bits per heavy atom. The fraction of sp³-hybridized carbons (Fsp3) is 0.500. The van der Waals surface area contributed by atoms with Crippen molar-refractivity contribution in [2.45, 2.75) is 51.3 Å². The Morgan fingerprint density at radius 3 is 2.67 bits per heavy atom. The van der Waals surface area contributed by atoms with Crippen LogP contribution in [0.3, 0.4) is 0 Å². The van der Waals surface area contributed by atoms with Crippen LogP contribution in [0.1, 0.15) is 40.0 Å². The highest BCUT2D eigenvalue weighted by molar-refractivity contribution is 7.90. The minimum atomic E-state index is -1.09. The lowest BCUT2D eigenvalue weighted by molar-refractivity contribution is -0.118. The Hall–Kier alpha value is -1.66. The number of ether oxygens (including phenoxy) is 1. The van der Waals surface area contributed by atoms with E-state index in [4.69, 9.17) is 4.74 Å². The van der Waals surface area contributed by atoms with E-state index in [-0.39, 0.29) is 17.2 Å². The van der Waals surface area contributed by atoms with E-state index in [1.807, 2.05) is 32.9 Å². The van der Waals surface area contributed by atoms with Crippen LogP contribution >= 0.6 is 0 Å². The summed E-state index contributed by atoms with van der Waals surface area (Å²) in [5, 5.41) is 3.01. The van der Waals surface area contributed by atoms with E-state index >= 15 is 0 Å². The minimum Gasteiger partial charge on any atom is -0.593 e. The smallest absolute Gasteiger partial charge is 0.247 e. The quantitative estimate of drug-likeness (QED) is 0.380. The normalized spacial score (nSPS) is 17.5. The summed E-state index contributed by atoms with van der Waals surface area (Å²) in [6.45, 7) is 9.43. The molecule has 1 aliphatic rings. The lowest BCUT2D eigenvalue weighted by Crippen LogP contribution is -2.35. The maximum atomic E-state index is 12.3. The second-order valence-electron chi connectivity index (χ2n) is 5.90. The predicted octanol–water partition coefficient (Wildman–Crippen LogP) is 2.86. The van der Waals surface area contributed by atoms with Gasteiger partial charge in [0.25, 0.3) is 0 Å². The van der Waals surface area contributed by atoms with Gasteiger partial charge in [0.1, 0.15) is 5.25 Å². The Bertz CT molecular complexity index is 538. The molecule has 24 heavy (non-hydrogen) atoms. The molecule has 1 aliphatic carbocycles. The third kappa shape index (κ3) is 6.84. The summed E-state index contributed by atoms with van der Waals surface area (Å²) in [5.41, 5.74) is 1.62. The largest absolute Gasteiger partial charge is 0.593 e. The molecule has 0 spiro atoms. The van der Waals surface area contributed by atoms with E-state index < -0.39 is 11.4 Å². The third-order valence-electron chi connectivity index (χ3n) is 3.68. The Balaban J connectivity index is 2.60. The first-order valence-electron chi connectivity index (χ1n) is 8.08. The van der Waals surface area contributed by atoms with Gasteiger partial charge >= 0.3 is 0 Å². The van der Waals surface area contributed by atoms with E-state index in [0.29, 0.717) is 19.3 Å². The number of carbonyl (C=O) groups is 1. The molecule has 134 valence electrons. The van der Waals surface area contributed by atoms with Crippen LogP contribution in [-0.4, -0.2) is 28.9 Å². The number of amides is 1. The van der Waals surface area contributed by atoms with Crippen molar-refractivity contribution in [3.63, 3.8) is 0 Å². The van der Waals surface area contributed by atoms with Gasteiger partial charge in [0.15, 0.2) is 0 Å². The Labute approximate surface area is 148 Å². The molecule has 0 aromatic carbocycles. The number of hydrogen-bond acceptors (Lipinski definition) is 4. The van der Waals surface area contributed by atoms with Gasteiger partial charge in [0.05, 0.1) is 36.0 Å². The van der Waals surface area contributed by atoms with Gasteiger partial charge in [-0.25, -0.2) is 4.72 Å². The molecular weight excluding hydrogens is 324 g/mol. The second kappa shape index (κ2) is 10.3. The molecule has 0 fully saturated rings. The maximum absolute atomic E-state index is 12.3. The SMILES string of the molecule is C=CC(C/C=C(\C)OC)NC(=O)C1=CC=C(N[S@@+]([O-])C(C)C)CC1. The summed E-state index contributed by atoms with van der Waals surface area (Å²) < 4.78 is 19.9. The summed E-state index contributed by atoms with van der Waals surface area (Å²) in [7, 11) is 1.62. The zero-order chi connectivity index (χ0) is 18.1. The number of allylic oxidation sites excluding steroid dienone is 4. The first kappa shape index (κ1) is 20.4. The summed E-state index contributed by atoms with van der Waals surface area (Å²) in [5.74, 6) is 0.716. The highest BCUT2D eigenvalue weighted by Gasteiger charge is 2.19. The number of nitrogens with one attached hydrogen (secondary N) is 2. The van der Waals surface area contributed by atoms with Crippen LogP contribution in [0.25, 0.3) is 0 Å². The van der Waals surface area contributed by atoms with Crippen molar-refractivity contribution in [1.82, 2.24) is 10.0 Å². The van der Waals surface area contributed by atoms with Gasteiger partial charge in [0, 0.05) is 5.57 Å².